The third kappa shape index (κ3) is 5.81. The molecule has 1 aliphatic carbocycles. The number of hydrogen-bond acceptors (Lipinski definition) is 7. The van der Waals surface area contributed by atoms with Gasteiger partial charge in [-0.1, -0.05) is 25.3 Å². The van der Waals surface area contributed by atoms with Crippen LogP contribution >= 0.6 is 11.8 Å². The topological polar surface area (TPSA) is 86.8 Å². The van der Waals surface area contributed by atoms with Crippen LogP contribution in [-0.2, 0) is 16.1 Å². The number of carbonyl (C=O) groups excluding carboxylic acids is 2. The van der Waals surface area contributed by atoms with Crippen molar-refractivity contribution in [2.24, 2.45) is 5.92 Å². The predicted molar refractivity (Wildman–Crippen MR) is 129 cm³/mol. The van der Waals surface area contributed by atoms with Crippen molar-refractivity contribution in [2.75, 3.05) is 26.1 Å². The van der Waals surface area contributed by atoms with Gasteiger partial charge in [-0.3, -0.25) is 9.78 Å². The number of aromatic nitrogens is 1. The van der Waals surface area contributed by atoms with Crippen molar-refractivity contribution < 1.29 is 14.3 Å². The zero-order valence-corrected chi connectivity index (χ0v) is 20.4. The van der Waals surface area contributed by atoms with Crippen molar-refractivity contribution in [2.45, 2.75) is 75.2 Å². The van der Waals surface area contributed by atoms with Crippen molar-refractivity contribution in [1.29, 1.82) is 0 Å². The highest BCUT2D eigenvalue weighted by Crippen LogP contribution is 2.46. The number of nitrogens with one attached hydrogen (secondary N) is 2. The van der Waals surface area contributed by atoms with Gasteiger partial charge < -0.3 is 15.4 Å². The normalized spacial score (nSPS) is 23.9. The fraction of sp³-hybridized carbons (Fsp3) is 0.708. The van der Waals surface area contributed by atoms with E-state index in [1.165, 1.54) is 13.5 Å². The minimum absolute atomic E-state index is 0.0459. The number of thioether (sulfide) groups is 1. The number of urea groups is 1. The number of hydrazine groups is 1. The van der Waals surface area contributed by atoms with E-state index in [9.17, 15) is 9.59 Å². The van der Waals surface area contributed by atoms with Crippen LogP contribution in [0.4, 0.5) is 4.79 Å². The van der Waals surface area contributed by atoms with Gasteiger partial charge in [-0.25, -0.2) is 9.80 Å². The molecule has 2 amide bonds. The first kappa shape index (κ1) is 24.3. The van der Waals surface area contributed by atoms with Crippen LogP contribution in [0, 0.1) is 5.92 Å². The van der Waals surface area contributed by atoms with Gasteiger partial charge in [0.1, 0.15) is 0 Å². The molecule has 1 unspecified atom stereocenters. The Hall–Kier alpha value is -1.84. The van der Waals surface area contributed by atoms with E-state index in [1.807, 2.05) is 28.9 Å². The average molecular weight is 476 g/mol. The van der Waals surface area contributed by atoms with Crippen LogP contribution in [0.25, 0.3) is 0 Å². The van der Waals surface area contributed by atoms with E-state index < -0.39 is 0 Å². The van der Waals surface area contributed by atoms with Crippen LogP contribution in [0.2, 0.25) is 0 Å². The summed E-state index contributed by atoms with van der Waals surface area (Å²) in [6.45, 7) is 2.45. The van der Waals surface area contributed by atoms with Crippen LogP contribution in [-0.4, -0.2) is 64.0 Å². The van der Waals surface area contributed by atoms with Crippen molar-refractivity contribution >= 4 is 23.8 Å². The maximum Gasteiger partial charge on any atom is 0.333 e. The summed E-state index contributed by atoms with van der Waals surface area (Å²) in [5, 5.41) is 11.1. The van der Waals surface area contributed by atoms with E-state index in [0.29, 0.717) is 18.9 Å². The lowest BCUT2D eigenvalue weighted by Crippen LogP contribution is -2.61. The summed E-state index contributed by atoms with van der Waals surface area (Å²) in [6, 6.07) is 3.82. The second-order valence-corrected chi connectivity index (χ2v) is 10.5. The Balaban J connectivity index is 1.56. The van der Waals surface area contributed by atoms with Crippen LogP contribution in [0.3, 0.4) is 0 Å². The molecule has 1 aromatic heterocycles. The number of rotatable bonds is 7. The number of hydrogen-bond donors (Lipinski definition) is 2. The molecule has 0 aromatic carbocycles. The van der Waals surface area contributed by atoms with Gasteiger partial charge in [0, 0.05) is 30.9 Å². The Morgan fingerprint density at radius 1 is 1.27 bits per heavy atom. The summed E-state index contributed by atoms with van der Waals surface area (Å²) < 4.78 is 4.96. The molecule has 8 nitrogen and oxygen atoms in total. The van der Waals surface area contributed by atoms with Gasteiger partial charge in [0.25, 0.3) is 0 Å². The molecule has 3 fully saturated rings. The molecule has 33 heavy (non-hydrogen) atoms. The van der Waals surface area contributed by atoms with E-state index >= 15 is 0 Å². The average Bonchev–Trinajstić information content (AvgIpc) is 3.34. The molecular weight excluding hydrogens is 438 g/mol. The smallest absolute Gasteiger partial charge is 0.333 e. The summed E-state index contributed by atoms with van der Waals surface area (Å²) in [5.74, 6) is 1.08. The van der Waals surface area contributed by atoms with E-state index in [0.717, 1.165) is 69.5 Å². The molecule has 4 rings (SSSR count). The van der Waals surface area contributed by atoms with Gasteiger partial charge in [0.15, 0.2) is 0 Å². The highest BCUT2D eigenvalue weighted by molar-refractivity contribution is 8.00. The number of amides is 2. The summed E-state index contributed by atoms with van der Waals surface area (Å²) in [4.78, 5) is 29.9. The number of nitrogens with zero attached hydrogens (tertiary/aromatic N) is 3. The summed E-state index contributed by atoms with van der Waals surface area (Å²) in [6.07, 6.45) is 12.3. The summed E-state index contributed by atoms with van der Waals surface area (Å²) in [5.41, 5.74) is 0.813. The number of esters is 1. The SMILES string of the molecule is COC(=O)CCC1(N2CSC(C3CCNCC3)N2C(=O)NCc2cccnc2)CCCCC1. The maximum absolute atomic E-state index is 13.7. The molecule has 2 saturated heterocycles. The summed E-state index contributed by atoms with van der Waals surface area (Å²) in [7, 11) is 1.45. The first-order valence-electron chi connectivity index (χ1n) is 12.3. The van der Waals surface area contributed by atoms with Crippen molar-refractivity contribution in [3.05, 3.63) is 30.1 Å². The molecule has 0 radical (unpaired) electrons. The van der Waals surface area contributed by atoms with Crippen LogP contribution in [0.1, 0.15) is 63.4 Å². The lowest BCUT2D eigenvalue weighted by atomic mass is 9.78. The van der Waals surface area contributed by atoms with E-state index in [2.05, 4.69) is 20.6 Å². The van der Waals surface area contributed by atoms with Crippen LogP contribution in [0.5, 0.6) is 0 Å². The maximum atomic E-state index is 13.7. The highest BCUT2D eigenvalue weighted by Gasteiger charge is 2.50. The van der Waals surface area contributed by atoms with E-state index in [-0.39, 0.29) is 22.9 Å². The Morgan fingerprint density at radius 2 is 2.06 bits per heavy atom. The molecule has 3 aliphatic rings. The van der Waals surface area contributed by atoms with Crippen molar-refractivity contribution in [3.63, 3.8) is 0 Å². The van der Waals surface area contributed by atoms with Gasteiger partial charge >= 0.3 is 12.0 Å². The molecule has 1 saturated carbocycles. The lowest BCUT2D eigenvalue weighted by Gasteiger charge is -2.49. The minimum atomic E-state index is -0.174. The third-order valence-electron chi connectivity index (χ3n) is 7.38. The number of carbonyl (C=O) groups is 2. The number of methoxy groups -OCH3 is 1. The lowest BCUT2D eigenvalue weighted by molar-refractivity contribution is -0.143. The molecule has 0 spiro atoms. The van der Waals surface area contributed by atoms with Crippen molar-refractivity contribution in [3.8, 4) is 0 Å². The van der Waals surface area contributed by atoms with Crippen LogP contribution in [0.15, 0.2) is 24.5 Å². The highest BCUT2D eigenvalue weighted by atomic mass is 32.2. The van der Waals surface area contributed by atoms with Gasteiger partial charge in [0.2, 0.25) is 0 Å². The van der Waals surface area contributed by atoms with Crippen molar-refractivity contribution in [1.82, 2.24) is 25.6 Å². The van der Waals surface area contributed by atoms with Gasteiger partial charge in [0.05, 0.1) is 18.4 Å². The van der Waals surface area contributed by atoms with Crippen LogP contribution < -0.4 is 10.6 Å². The molecule has 9 heteroatoms. The van der Waals surface area contributed by atoms with Gasteiger partial charge in [-0.2, -0.15) is 5.01 Å². The number of pyridine rings is 1. The standard InChI is InChI=1S/C24H37N5O3S/c1-32-21(30)7-12-24(10-3-2-4-11-24)28-18-33-22(20-8-14-25-15-9-20)29(28)23(31)27-17-19-6-5-13-26-16-19/h5-6,13,16,20,22,25H,2-4,7-12,14-15,17-18H2,1H3,(H,27,31). The Labute approximate surface area is 201 Å². The zero-order valence-electron chi connectivity index (χ0n) is 19.6. The molecule has 1 aromatic rings. The molecule has 0 bridgehead atoms. The monoisotopic (exact) mass is 475 g/mol. The molecular formula is C24H37N5O3S. The fourth-order valence-electron chi connectivity index (χ4n) is 5.52. The van der Waals surface area contributed by atoms with E-state index in [1.54, 1.807) is 12.4 Å². The first-order chi connectivity index (χ1) is 16.1. The minimum Gasteiger partial charge on any atom is -0.469 e. The van der Waals surface area contributed by atoms with Gasteiger partial charge in [-0.05, 0) is 62.7 Å². The Morgan fingerprint density at radius 3 is 2.76 bits per heavy atom. The third-order valence-corrected chi connectivity index (χ3v) is 8.70. The number of ether oxygens (including phenoxy) is 1. The van der Waals surface area contributed by atoms with Gasteiger partial charge in [-0.15, -0.1) is 11.8 Å². The quantitative estimate of drug-likeness (QED) is 0.584. The number of piperidine rings is 1. The molecule has 1 atom stereocenters. The predicted octanol–water partition coefficient (Wildman–Crippen LogP) is 3.50. The Bertz CT molecular complexity index is 784. The zero-order chi connectivity index (χ0) is 23.1. The largest absolute Gasteiger partial charge is 0.469 e. The molecule has 182 valence electrons. The first-order valence-corrected chi connectivity index (χ1v) is 13.3. The second kappa shape index (κ2) is 11.5. The molecule has 2 aliphatic heterocycles. The fourth-order valence-corrected chi connectivity index (χ4v) is 7.11. The summed E-state index contributed by atoms with van der Waals surface area (Å²) >= 11 is 1.88. The second-order valence-electron chi connectivity index (χ2n) is 9.40. The van der Waals surface area contributed by atoms with E-state index in [4.69, 9.17) is 4.74 Å². The Kier molecular flexibility index (Phi) is 8.49. The molecule has 2 N–H and O–H groups in total. The molecule has 3 heterocycles.